The summed E-state index contributed by atoms with van der Waals surface area (Å²) in [5, 5.41) is 11.9. The molecule has 1 aromatic heterocycles. The van der Waals surface area contributed by atoms with Gasteiger partial charge in [-0.2, -0.15) is 0 Å². The van der Waals surface area contributed by atoms with Gasteiger partial charge in [0.2, 0.25) is 0 Å². The van der Waals surface area contributed by atoms with Gasteiger partial charge in [-0.3, -0.25) is 9.78 Å². The summed E-state index contributed by atoms with van der Waals surface area (Å²) in [6.07, 6.45) is 1.66. The van der Waals surface area contributed by atoms with E-state index in [9.17, 15) is 4.79 Å². The molecule has 2 rings (SSSR count). The van der Waals surface area contributed by atoms with Gasteiger partial charge in [-0.15, -0.1) is 0 Å². The number of nitrogens with zero attached hydrogens (tertiary/aromatic N) is 1. The summed E-state index contributed by atoms with van der Waals surface area (Å²) in [4.78, 5) is 16.1. The molecule has 0 saturated heterocycles. The van der Waals surface area contributed by atoms with Crippen molar-refractivity contribution in [3.05, 3.63) is 65.0 Å². The number of benzene rings is 1. The van der Waals surface area contributed by atoms with Gasteiger partial charge in [0.1, 0.15) is 0 Å². The zero-order valence-corrected chi connectivity index (χ0v) is 10.8. The summed E-state index contributed by atoms with van der Waals surface area (Å²) in [6, 6.07) is 11.0. The van der Waals surface area contributed by atoms with E-state index >= 15 is 0 Å². The molecule has 1 heterocycles. The van der Waals surface area contributed by atoms with Crippen LogP contribution < -0.4 is 5.32 Å². The fourth-order valence-corrected chi connectivity index (χ4v) is 1.84. The first-order valence-corrected chi connectivity index (χ1v) is 6.09. The Balaban J connectivity index is 2.02. The molecule has 1 aromatic carbocycles. The number of nitrogens with one attached hydrogen (secondary N) is 1. The molecule has 98 valence electrons. The van der Waals surface area contributed by atoms with Crippen molar-refractivity contribution in [3.8, 4) is 0 Å². The van der Waals surface area contributed by atoms with Crippen molar-refractivity contribution < 1.29 is 9.90 Å². The maximum Gasteiger partial charge on any atom is 0.253 e. The lowest BCUT2D eigenvalue weighted by molar-refractivity contribution is 0.0950. The second kappa shape index (κ2) is 6.11. The number of aryl methyl sites for hydroxylation is 1. The van der Waals surface area contributed by atoms with Gasteiger partial charge in [0.25, 0.3) is 5.91 Å². The van der Waals surface area contributed by atoms with E-state index in [-0.39, 0.29) is 12.5 Å². The number of aromatic nitrogens is 1. The van der Waals surface area contributed by atoms with Crippen molar-refractivity contribution in [2.75, 3.05) is 0 Å². The van der Waals surface area contributed by atoms with Crippen molar-refractivity contribution in [2.45, 2.75) is 20.1 Å². The Morgan fingerprint density at radius 1 is 1.26 bits per heavy atom. The molecule has 0 radical (unpaired) electrons. The maximum atomic E-state index is 12.0. The Kier molecular flexibility index (Phi) is 4.26. The lowest BCUT2D eigenvalue weighted by atomic mass is 10.1. The maximum absolute atomic E-state index is 12.0. The largest absolute Gasteiger partial charge is 0.392 e. The van der Waals surface area contributed by atoms with Crippen LogP contribution in [0.5, 0.6) is 0 Å². The highest BCUT2D eigenvalue weighted by molar-refractivity contribution is 5.95. The van der Waals surface area contributed by atoms with Crippen LogP contribution in [0.25, 0.3) is 0 Å². The zero-order chi connectivity index (χ0) is 13.7. The molecular formula is C15H16N2O2. The standard InChI is InChI=1S/C15H16N2O2/c1-11-14(6-3-7-16-11)15(19)17-9-12-4-2-5-13(8-12)10-18/h2-8,18H,9-10H2,1H3,(H,17,19). The molecule has 4 heteroatoms. The first-order valence-electron chi connectivity index (χ1n) is 6.09. The van der Waals surface area contributed by atoms with Gasteiger partial charge in [-0.1, -0.05) is 24.3 Å². The number of aliphatic hydroxyl groups excluding tert-OH is 1. The second-order valence-corrected chi connectivity index (χ2v) is 4.30. The predicted octanol–water partition coefficient (Wildman–Crippen LogP) is 1.81. The molecule has 0 bridgehead atoms. The van der Waals surface area contributed by atoms with Gasteiger partial charge in [0.15, 0.2) is 0 Å². The van der Waals surface area contributed by atoms with Crippen molar-refractivity contribution in [2.24, 2.45) is 0 Å². The molecule has 0 aliphatic heterocycles. The van der Waals surface area contributed by atoms with E-state index in [2.05, 4.69) is 10.3 Å². The van der Waals surface area contributed by atoms with Crippen LogP contribution >= 0.6 is 0 Å². The second-order valence-electron chi connectivity index (χ2n) is 4.30. The topological polar surface area (TPSA) is 62.2 Å². The molecule has 0 unspecified atom stereocenters. The summed E-state index contributed by atoms with van der Waals surface area (Å²) in [5.74, 6) is -0.139. The SMILES string of the molecule is Cc1ncccc1C(=O)NCc1cccc(CO)c1. The number of hydrogen-bond donors (Lipinski definition) is 2. The molecule has 0 saturated carbocycles. The van der Waals surface area contributed by atoms with Gasteiger partial charge < -0.3 is 10.4 Å². The van der Waals surface area contributed by atoms with Crippen molar-refractivity contribution in [1.82, 2.24) is 10.3 Å². The fraction of sp³-hybridized carbons (Fsp3) is 0.200. The Bertz CT molecular complexity index is 582. The molecule has 0 atom stereocenters. The summed E-state index contributed by atoms with van der Waals surface area (Å²) in [5.41, 5.74) is 3.09. The average Bonchev–Trinajstić information content (AvgIpc) is 2.45. The number of aliphatic hydroxyl groups is 1. The van der Waals surface area contributed by atoms with Gasteiger partial charge in [0, 0.05) is 18.4 Å². The van der Waals surface area contributed by atoms with E-state index in [0.29, 0.717) is 17.8 Å². The number of carbonyl (C=O) groups excluding carboxylic acids is 1. The highest BCUT2D eigenvalue weighted by Gasteiger charge is 2.08. The summed E-state index contributed by atoms with van der Waals surface area (Å²) >= 11 is 0. The summed E-state index contributed by atoms with van der Waals surface area (Å²) < 4.78 is 0. The van der Waals surface area contributed by atoms with Crippen LogP contribution in [0.2, 0.25) is 0 Å². The molecule has 0 aliphatic carbocycles. The number of hydrogen-bond acceptors (Lipinski definition) is 3. The Hall–Kier alpha value is -2.20. The number of carbonyl (C=O) groups is 1. The molecule has 4 nitrogen and oxygen atoms in total. The van der Waals surface area contributed by atoms with Gasteiger partial charge >= 0.3 is 0 Å². The molecule has 2 N–H and O–H groups in total. The summed E-state index contributed by atoms with van der Waals surface area (Å²) in [6.45, 7) is 2.24. The van der Waals surface area contributed by atoms with E-state index in [1.54, 1.807) is 25.3 Å². The molecule has 1 amide bonds. The van der Waals surface area contributed by atoms with Crippen LogP contribution in [0.1, 0.15) is 27.2 Å². The zero-order valence-electron chi connectivity index (χ0n) is 10.8. The third-order valence-electron chi connectivity index (χ3n) is 2.88. The Labute approximate surface area is 112 Å². The van der Waals surface area contributed by atoms with E-state index in [4.69, 9.17) is 5.11 Å². The third-order valence-corrected chi connectivity index (χ3v) is 2.88. The molecule has 0 aliphatic rings. The van der Waals surface area contributed by atoms with Crippen LogP contribution in [0.15, 0.2) is 42.6 Å². The average molecular weight is 256 g/mol. The third kappa shape index (κ3) is 3.39. The van der Waals surface area contributed by atoms with E-state index < -0.39 is 0 Å². The van der Waals surface area contributed by atoms with Crippen molar-refractivity contribution in [1.29, 1.82) is 0 Å². The minimum absolute atomic E-state index is 0.00347. The predicted molar refractivity (Wildman–Crippen MR) is 72.5 cm³/mol. The Morgan fingerprint density at radius 3 is 2.79 bits per heavy atom. The van der Waals surface area contributed by atoms with Crippen LogP contribution in [-0.2, 0) is 13.2 Å². The van der Waals surface area contributed by atoms with Crippen LogP contribution in [0.3, 0.4) is 0 Å². The van der Waals surface area contributed by atoms with Crippen LogP contribution in [-0.4, -0.2) is 16.0 Å². The lowest BCUT2D eigenvalue weighted by Crippen LogP contribution is -2.23. The highest BCUT2D eigenvalue weighted by atomic mass is 16.3. The number of pyridine rings is 1. The molecular weight excluding hydrogens is 240 g/mol. The van der Waals surface area contributed by atoms with Crippen LogP contribution in [0, 0.1) is 6.92 Å². The number of rotatable bonds is 4. The van der Waals surface area contributed by atoms with Crippen molar-refractivity contribution >= 4 is 5.91 Å². The lowest BCUT2D eigenvalue weighted by Gasteiger charge is -2.08. The monoisotopic (exact) mass is 256 g/mol. The molecule has 19 heavy (non-hydrogen) atoms. The first-order chi connectivity index (χ1) is 9.20. The molecule has 0 spiro atoms. The van der Waals surface area contributed by atoms with E-state index in [1.165, 1.54) is 0 Å². The highest BCUT2D eigenvalue weighted by Crippen LogP contribution is 2.07. The normalized spacial score (nSPS) is 10.2. The smallest absolute Gasteiger partial charge is 0.253 e. The number of amides is 1. The van der Waals surface area contributed by atoms with Crippen LogP contribution in [0.4, 0.5) is 0 Å². The van der Waals surface area contributed by atoms with Crippen molar-refractivity contribution in [3.63, 3.8) is 0 Å². The first kappa shape index (κ1) is 13.2. The molecule has 0 fully saturated rings. The quantitative estimate of drug-likeness (QED) is 0.877. The van der Waals surface area contributed by atoms with Gasteiger partial charge in [0.05, 0.1) is 12.2 Å². The summed E-state index contributed by atoms with van der Waals surface area (Å²) in [7, 11) is 0. The van der Waals surface area contributed by atoms with Gasteiger partial charge in [-0.05, 0) is 30.2 Å². The minimum Gasteiger partial charge on any atom is -0.392 e. The fourth-order valence-electron chi connectivity index (χ4n) is 1.84. The van der Waals surface area contributed by atoms with E-state index in [1.807, 2.05) is 24.3 Å². The van der Waals surface area contributed by atoms with Gasteiger partial charge in [-0.25, -0.2) is 0 Å². The molecule has 2 aromatic rings. The van der Waals surface area contributed by atoms with E-state index in [0.717, 1.165) is 11.1 Å². The Morgan fingerprint density at radius 2 is 2.05 bits per heavy atom. The minimum atomic E-state index is -0.139.